The van der Waals surface area contributed by atoms with Gasteiger partial charge in [0.05, 0.1) is 6.61 Å². The van der Waals surface area contributed by atoms with Gasteiger partial charge in [0.2, 0.25) is 5.91 Å². The van der Waals surface area contributed by atoms with Crippen LogP contribution in [-0.4, -0.2) is 36.9 Å². The van der Waals surface area contributed by atoms with Crippen LogP contribution in [0.1, 0.15) is 23.7 Å². The number of amides is 2. The Morgan fingerprint density at radius 1 is 1.04 bits per heavy atom. The van der Waals surface area contributed by atoms with Crippen LogP contribution in [0.2, 0.25) is 0 Å². The lowest BCUT2D eigenvalue weighted by molar-refractivity contribution is -0.114. The van der Waals surface area contributed by atoms with Crippen LogP contribution >= 0.6 is 0 Å². The van der Waals surface area contributed by atoms with Gasteiger partial charge in [-0.3, -0.25) is 9.59 Å². The zero-order valence-electron chi connectivity index (χ0n) is 14.0. The summed E-state index contributed by atoms with van der Waals surface area (Å²) in [5, 5.41) is 2.68. The van der Waals surface area contributed by atoms with Gasteiger partial charge < -0.3 is 15.0 Å². The molecule has 5 heteroatoms. The molecule has 126 valence electrons. The van der Waals surface area contributed by atoms with Crippen LogP contribution in [0.25, 0.3) is 0 Å². The predicted octanol–water partition coefficient (Wildman–Crippen LogP) is 3.19. The fraction of sp³-hybridized carbons (Fsp3) is 0.263. The Morgan fingerprint density at radius 3 is 2.33 bits per heavy atom. The van der Waals surface area contributed by atoms with Crippen LogP contribution in [-0.2, 0) is 4.79 Å². The van der Waals surface area contributed by atoms with Crippen LogP contribution in [0.5, 0.6) is 5.75 Å². The molecule has 0 saturated carbocycles. The SMILES string of the molecule is CC(=O)Nc1ccc(C(=O)N(C)CCCOc2ccccc2)cc1. The maximum absolute atomic E-state index is 12.3. The van der Waals surface area contributed by atoms with E-state index in [1.807, 2.05) is 30.3 Å². The fourth-order valence-electron chi connectivity index (χ4n) is 2.23. The largest absolute Gasteiger partial charge is 0.494 e. The second-order valence-electron chi connectivity index (χ2n) is 5.50. The first kappa shape index (κ1) is 17.5. The van der Waals surface area contributed by atoms with Crippen molar-refractivity contribution in [2.75, 3.05) is 25.5 Å². The Morgan fingerprint density at radius 2 is 1.71 bits per heavy atom. The highest BCUT2D eigenvalue weighted by Gasteiger charge is 2.11. The Bertz CT molecular complexity index is 669. The predicted molar refractivity (Wildman–Crippen MR) is 94.3 cm³/mol. The van der Waals surface area contributed by atoms with Crippen molar-refractivity contribution in [3.05, 3.63) is 60.2 Å². The van der Waals surface area contributed by atoms with Gasteiger partial charge in [0, 0.05) is 31.8 Å². The van der Waals surface area contributed by atoms with Gasteiger partial charge in [0.25, 0.3) is 5.91 Å². The lowest BCUT2D eigenvalue weighted by Crippen LogP contribution is -2.28. The van der Waals surface area contributed by atoms with Gasteiger partial charge in [0.1, 0.15) is 5.75 Å². The molecule has 0 heterocycles. The number of para-hydroxylation sites is 1. The summed E-state index contributed by atoms with van der Waals surface area (Å²) in [7, 11) is 1.77. The lowest BCUT2D eigenvalue weighted by Gasteiger charge is -2.17. The highest BCUT2D eigenvalue weighted by Crippen LogP contribution is 2.12. The molecule has 2 aromatic carbocycles. The average molecular weight is 326 g/mol. The number of rotatable bonds is 7. The molecule has 0 radical (unpaired) electrons. The van der Waals surface area contributed by atoms with Crippen molar-refractivity contribution in [1.82, 2.24) is 4.90 Å². The van der Waals surface area contributed by atoms with E-state index in [1.54, 1.807) is 36.2 Å². The summed E-state index contributed by atoms with van der Waals surface area (Å²) in [4.78, 5) is 25.0. The van der Waals surface area contributed by atoms with Gasteiger partial charge >= 0.3 is 0 Å². The minimum atomic E-state index is -0.135. The van der Waals surface area contributed by atoms with E-state index in [0.29, 0.717) is 24.4 Å². The summed E-state index contributed by atoms with van der Waals surface area (Å²) in [6.45, 7) is 2.62. The van der Waals surface area contributed by atoms with E-state index in [9.17, 15) is 9.59 Å². The van der Waals surface area contributed by atoms with E-state index >= 15 is 0 Å². The second-order valence-corrected chi connectivity index (χ2v) is 5.50. The van der Waals surface area contributed by atoms with Crippen LogP contribution in [0.15, 0.2) is 54.6 Å². The van der Waals surface area contributed by atoms with Crippen molar-refractivity contribution in [3.63, 3.8) is 0 Å². The third-order valence-electron chi connectivity index (χ3n) is 3.45. The Kier molecular flexibility index (Phi) is 6.37. The van der Waals surface area contributed by atoms with Gasteiger partial charge in [-0.25, -0.2) is 0 Å². The normalized spacial score (nSPS) is 10.1. The van der Waals surface area contributed by atoms with Crippen LogP contribution in [0.4, 0.5) is 5.69 Å². The van der Waals surface area contributed by atoms with Crippen LogP contribution < -0.4 is 10.1 Å². The highest BCUT2D eigenvalue weighted by atomic mass is 16.5. The molecule has 0 spiro atoms. The van der Waals surface area contributed by atoms with Crippen molar-refractivity contribution in [3.8, 4) is 5.75 Å². The summed E-state index contributed by atoms with van der Waals surface area (Å²) >= 11 is 0. The van der Waals surface area contributed by atoms with E-state index in [-0.39, 0.29) is 11.8 Å². The molecule has 0 unspecified atom stereocenters. The van der Waals surface area contributed by atoms with E-state index in [4.69, 9.17) is 4.74 Å². The van der Waals surface area contributed by atoms with Crippen molar-refractivity contribution in [1.29, 1.82) is 0 Å². The van der Waals surface area contributed by atoms with Gasteiger partial charge in [-0.05, 0) is 42.8 Å². The topological polar surface area (TPSA) is 58.6 Å². The molecular formula is C19H22N2O3. The minimum Gasteiger partial charge on any atom is -0.494 e. The Hall–Kier alpha value is -2.82. The number of hydrogen-bond donors (Lipinski definition) is 1. The number of benzene rings is 2. The third kappa shape index (κ3) is 5.43. The lowest BCUT2D eigenvalue weighted by atomic mass is 10.2. The molecule has 2 rings (SSSR count). The molecule has 0 atom stereocenters. The standard InChI is InChI=1S/C19H22N2O3/c1-15(22)20-17-11-9-16(10-12-17)19(23)21(2)13-6-14-24-18-7-4-3-5-8-18/h3-5,7-12H,6,13-14H2,1-2H3,(H,20,22). The van der Waals surface area contributed by atoms with Gasteiger partial charge in [-0.15, -0.1) is 0 Å². The van der Waals surface area contributed by atoms with Crippen molar-refractivity contribution in [2.45, 2.75) is 13.3 Å². The minimum absolute atomic E-state index is 0.0518. The van der Waals surface area contributed by atoms with E-state index in [1.165, 1.54) is 6.92 Å². The van der Waals surface area contributed by atoms with E-state index in [2.05, 4.69) is 5.32 Å². The quantitative estimate of drug-likeness (QED) is 0.795. The van der Waals surface area contributed by atoms with Crippen LogP contribution in [0, 0.1) is 0 Å². The molecule has 1 N–H and O–H groups in total. The van der Waals surface area contributed by atoms with Gasteiger partial charge in [0.15, 0.2) is 0 Å². The monoisotopic (exact) mass is 326 g/mol. The molecule has 24 heavy (non-hydrogen) atoms. The number of nitrogens with one attached hydrogen (secondary N) is 1. The number of carbonyl (C=O) groups is 2. The zero-order chi connectivity index (χ0) is 17.4. The van der Waals surface area contributed by atoms with Crippen LogP contribution in [0.3, 0.4) is 0 Å². The molecule has 0 aliphatic rings. The fourth-order valence-corrected chi connectivity index (χ4v) is 2.23. The molecule has 0 saturated heterocycles. The first-order valence-corrected chi connectivity index (χ1v) is 7.87. The van der Waals surface area contributed by atoms with E-state index in [0.717, 1.165) is 12.2 Å². The maximum Gasteiger partial charge on any atom is 0.253 e. The van der Waals surface area contributed by atoms with Gasteiger partial charge in [-0.1, -0.05) is 18.2 Å². The highest BCUT2D eigenvalue weighted by molar-refractivity contribution is 5.95. The summed E-state index contributed by atoms with van der Waals surface area (Å²) in [5.74, 6) is 0.647. The molecule has 0 aliphatic heterocycles. The van der Waals surface area contributed by atoms with E-state index < -0.39 is 0 Å². The first-order valence-electron chi connectivity index (χ1n) is 7.87. The number of ether oxygens (including phenoxy) is 1. The Labute approximate surface area is 142 Å². The Balaban J connectivity index is 1.78. The van der Waals surface area contributed by atoms with Crippen molar-refractivity contribution >= 4 is 17.5 Å². The van der Waals surface area contributed by atoms with Crippen molar-refractivity contribution in [2.24, 2.45) is 0 Å². The third-order valence-corrected chi connectivity index (χ3v) is 3.45. The molecule has 5 nitrogen and oxygen atoms in total. The number of hydrogen-bond acceptors (Lipinski definition) is 3. The molecule has 2 amide bonds. The molecule has 0 aromatic heterocycles. The molecule has 2 aromatic rings. The summed E-state index contributed by atoms with van der Waals surface area (Å²) < 4.78 is 5.62. The summed E-state index contributed by atoms with van der Waals surface area (Å²) in [6.07, 6.45) is 0.751. The van der Waals surface area contributed by atoms with Crippen molar-refractivity contribution < 1.29 is 14.3 Å². The number of anilines is 1. The maximum atomic E-state index is 12.3. The number of nitrogens with zero attached hydrogens (tertiary/aromatic N) is 1. The molecule has 0 aliphatic carbocycles. The zero-order valence-corrected chi connectivity index (χ0v) is 14.0. The summed E-state index contributed by atoms with van der Waals surface area (Å²) in [5.41, 5.74) is 1.27. The molecular weight excluding hydrogens is 304 g/mol. The smallest absolute Gasteiger partial charge is 0.253 e. The number of carbonyl (C=O) groups excluding carboxylic acids is 2. The molecule has 0 fully saturated rings. The average Bonchev–Trinajstić information content (AvgIpc) is 2.59. The second kappa shape index (κ2) is 8.72. The van der Waals surface area contributed by atoms with Gasteiger partial charge in [-0.2, -0.15) is 0 Å². The molecule has 0 bridgehead atoms. The summed E-state index contributed by atoms with van der Waals surface area (Å²) in [6, 6.07) is 16.5. The first-order chi connectivity index (χ1) is 11.6.